The lowest BCUT2D eigenvalue weighted by Crippen LogP contribution is -2.44. The van der Waals surface area contributed by atoms with Crippen molar-refractivity contribution in [1.29, 1.82) is 0 Å². The van der Waals surface area contributed by atoms with Gasteiger partial charge in [-0.25, -0.2) is 0 Å². The molecular weight excluding hydrogens is 200 g/mol. The molecule has 0 saturated heterocycles. The lowest BCUT2D eigenvalue weighted by atomic mass is 10.9. The summed E-state index contributed by atoms with van der Waals surface area (Å²) in [5.41, 5.74) is 0. The molecule has 0 fully saturated rings. The number of rotatable bonds is 6. The second kappa shape index (κ2) is 5.26. The highest BCUT2D eigenvalue weighted by Gasteiger charge is 2.29. The quantitative estimate of drug-likeness (QED) is 0.644. The Morgan fingerprint density at radius 2 is 1.54 bits per heavy atom. The molecule has 0 rings (SSSR count). The molecule has 0 spiro atoms. The largest absolute Gasteiger partial charge is 0.415 e. The maximum absolute atomic E-state index is 5.75. The molecule has 0 aromatic rings. The smallest absolute Gasteiger partial charge is 0.331 e. The Bertz CT molecular complexity index is 148. The van der Waals surface area contributed by atoms with Gasteiger partial charge in [0.2, 0.25) is 8.32 Å². The molecule has 0 saturated carbocycles. The van der Waals surface area contributed by atoms with E-state index in [4.69, 9.17) is 13.3 Å². The van der Waals surface area contributed by atoms with E-state index in [1.165, 1.54) is 0 Å². The third kappa shape index (κ3) is 6.39. The standard InChI is InChI=1S/C8H22O3Si2/c1-7-10-12(3,4)8-11-13(5,6)9-2/h7-8H2,1-6H3. The molecule has 80 valence electrons. The van der Waals surface area contributed by atoms with E-state index >= 15 is 0 Å². The molecule has 0 amide bonds. The van der Waals surface area contributed by atoms with Crippen LogP contribution in [-0.2, 0) is 13.3 Å². The second-order valence-corrected chi connectivity index (χ2v) is 11.7. The van der Waals surface area contributed by atoms with Gasteiger partial charge in [0.25, 0.3) is 0 Å². The number of hydrogen-bond donors (Lipinski definition) is 0. The van der Waals surface area contributed by atoms with Crippen LogP contribution in [0.5, 0.6) is 0 Å². The van der Waals surface area contributed by atoms with Gasteiger partial charge in [-0.15, -0.1) is 0 Å². The minimum Gasteiger partial charge on any atom is -0.415 e. The van der Waals surface area contributed by atoms with Crippen LogP contribution in [0.15, 0.2) is 0 Å². The van der Waals surface area contributed by atoms with Crippen molar-refractivity contribution in [3.05, 3.63) is 0 Å². The average Bonchev–Trinajstić information content (AvgIpc) is 2.02. The van der Waals surface area contributed by atoms with Gasteiger partial charge in [-0.2, -0.15) is 0 Å². The first-order chi connectivity index (χ1) is 5.83. The molecule has 0 atom stereocenters. The molecule has 0 aliphatic carbocycles. The van der Waals surface area contributed by atoms with Crippen LogP contribution < -0.4 is 0 Å². The highest BCUT2D eigenvalue weighted by atomic mass is 28.4. The lowest BCUT2D eigenvalue weighted by Gasteiger charge is -2.27. The van der Waals surface area contributed by atoms with Gasteiger partial charge in [0.05, 0.1) is 6.23 Å². The van der Waals surface area contributed by atoms with Crippen molar-refractivity contribution < 1.29 is 13.3 Å². The topological polar surface area (TPSA) is 27.7 Å². The summed E-state index contributed by atoms with van der Waals surface area (Å²) in [4.78, 5) is 0. The van der Waals surface area contributed by atoms with E-state index in [9.17, 15) is 0 Å². The van der Waals surface area contributed by atoms with Crippen LogP contribution in [0.3, 0.4) is 0 Å². The molecule has 5 heteroatoms. The van der Waals surface area contributed by atoms with Gasteiger partial charge >= 0.3 is 8.56 Å². The van der Waals surface area contributed by atoms with Gasteiger partial charge < -0.3 is 13.3 Å². The summed E-state index contributed by atoms with van der Waals surface area (Å²) in [5, 5.41) is 0. The van der Waals surface area contributed by atoms with Crippen LogP contribution in [0.2, 0.25) is 26.2 Å². The van der Waals surface area contributed by atoms with Crippen LogP contribution in [0.1, 0.15) is 6.92 Å². The van der Waals surface area contributed by atoms with Crippen molar-refractivity contribution in [3.63, 3.8) is 0 Å². The van der Waals surface area contributed by atoms with Gasteiger partial charge in [-0.05, 0) is 33.1 Å². The summed E-state index contributed by atoms with van der Waals surface area (Å²) < 4.78 is 16.7. The average molecular weight is 222 g/mol. The first kappa shape index (κ1) is 13.3. The van der Waals surface area contributed by atoms with E-state index in [1.54, 1.807) is 7.11 Å². The predicted molar refractivity (Wildman–Crippen MR) is 59.6 cm³/mol. The molecule has 0 aliphatic rings. The first-order valence-electron chi connectivity index (χ1n) is 4.66. The highest BCUT2D eigenvalue weighted by Crippen LogP contribution is 2.10. The molecule has 0 aliphatic heterocycles. The zero-order valence-electron chi connectivity index (χ0n) is 9.64. The molecule has 0 aromatic carbocycles. The Labute approximate surface area is 83.8 Å². The van der Waals surface area contributed by atoms with E-state index in [-0.39, 0.29) is 0 Å². The third-order valence-electron chi connectivity index (χ3n) is 1.79. The van der Waals surface area contributed by atoms with Crippen LogP contribution in [0.25, 0.3) is 0 Å². The van der Waals surface area contributed by atoms with Gasteiger partial charge in [0.1, 0.15) is 0 Å². The first-order valence-corrected chi connectivity index (χ1v) is 10.6. The van der Waals surface area contributed by atoms with E-state index in [2.05, 4.69) is 13.1 Å². The number of hydrogen-bond acceptors (Lipinski definition) is 3. The zero-order chi connectivity index (χ0) is 10.5. The van der Waals surface area contributed by atoms with E-state index in [0.717, 1.165) is 12.8 Å². The van der Waals surface area contributed by atoms with Crippen molar-refractivity contribution in [2.24, 2.45) is 0 Å². The van der Waals surface area contributed by atoms with E-state index < -0.39 is 16.9 Å². The molecule has 0 unspecified atom stereocenters. The SMILES string of the molecule is CCO[Si](C)(C)CO[Si](C)(C)OC. The molecule has 0 aromatic heterocycles. The molecule has 0 bridgehead atoms. The summed E-state index contributed by atoms with van der Waals surface area (Å²) in [7, 11) is -1.75. The third-order valence-corrected chi connectivity index (χ3v) is 5.82. The van der Waals surface area contributed by atoms with Crippen LogP contribution in [0.4, 0.5) is 0 Å². The zero-order valence-corrected chi connectivity index (χ0v) is 11.6. The maximum atomic E-state index is 5.75. The molecule has 0 N–H and O–H groups in total. The van der Waals surface area contributed by atoms with Crippen LogP contribution in [0, 0.1) is 0 Å². The lowest BCUT2D eigenvalue weighted by molar-refractivity contribution is 0.219. The van der Waals surface area contributed by atoms with Crippen molar-refractivity contribution >= 4 is 16.9 Å². The van der Waals surface area contributed by atoms with Gasteiger partial charge in [0, 0.05) is 13.7 Å². The fourth-order valence-electron chi connectivity index (χ4n) is 0.839. The molecule has 13 heavy (non-hydrogen) atoms. The summed E-state index contributed by atoms with van der Waals surface area (Å²) in [5.74, 6) is 0. The second-order valence-electron chi connectivity index (χ2n) is 4.09. The van der Waals surface area contributed by atoms with Crippen molar-refractivity contribution in [2.75, 3.05) is 19.9 Å². The van der Waals surface area contributed by atoms with Gasteiger partial charge in [-0.1, -0.05) is 0 Å². The molecular formula is C8H22O3Si2. The fourth-order valence-corrected chi connectivity index (χ4v) is 4.60. The minimum absolute atomic E-state index is 0.730. The molecule has 3 nitrogen and oxygen atoms in total. The Hall–Kier alpha value is 0.314. The fraction of sp³-hybridized carbons (Fsp3) is 1.00. The van der Waals surface area contributed by atoms with E-state index in [1.807, 2.05) is 20.0 Å². The minimum atomic E-state index is -1.86. The summed E-state index contributed by atoms with van der Waals surface area (Å²) in [6, 6.07) is 0. The van der Waals surface area contributed by atoms with Gasteiger partial charge in [0.15, 0.2) is 0 Å². The molecule has 0 radical (unpaired) electrons. The summed E-state index contributed by atoms with van der Waals surface area (Å²) in [6.45, 7) is 11.2. The highest BCUT2D eigenvalue weighted by molar-refractivity contribution is 6.73. The summed E-state index contributed by atoms with van der Waals surface area (Å²) in [6.07, 6.45) is 0.730. The summed E-state index contributed by atoms with van der Waals surface area (Å²) >= 11 is 0. The van der Waals surface area contributed by atoms with Crippen LogP contribution in [-0.4, -0.2) is 36.8 Å². The Morgan fingerprint density at radius 3 is 1.92 bits per heavy atom. The predicted octanol–water partition coefficient (Wildman–Crippen LogP) is 2.13. The van der Waals surface area contributed by atoms with Gasteiger partial charge in [-0.3, -0.25) is 0 Å². The Balaban J connectivity index is 3.86. The van der Waals surface area contributed by atoms with E-state index in [0.29, 0.717) is 0 Å². The molecule has 0 heterocycles. The van der Waals surface area contributed by atoms with Crippen molar-refractivity contribution in [1.82, 2.24) is 0 Å². The van der Waals surface area contributed by atoms with Crippen molar-refractivity contribution in [2.45, 2.75) is 33.1 Å². The van der Waals surface area contributed by atoms with Crippen molar-refractivity contribution in [3.8, 4) is 0 Å². The monoisotopic (exact) mass is 222 g/mol. The maximum Gasteiger partial charge on any atom is 0.331 e. The Kier molecular flexibility index (Phi) is 5.38. The van der Waals surface area contributed by atoms with Crippen LogP contribution >= 0.6 is 0 Å². The Morgan fingerprint density at radius 1 is 1.00 bits per heavy atom. The normalized spacial score (nSPS) is 13.4.